The van der Waals surface area contributed by atoms with Gasteiger partial charge in [0.2, 0.25) is 0 Å². The molecule has 0 radical (unpaired) electrons. The SMILES string of the molecule is [2H]c1c([2H])c([2H])c2c(-c3ccc(N(c4ccc(-c5ccccc5)cc4)c4ccccc4-c4cccc5c4c4ccccc4n5-c4ccccc4)cc3)c([2H])c([2H])c([2H])c2c1[2H]. The lowest BCUT2D eigenvalue weighted by atomic mass is 9.96. The molecular formula is C52H36N2. The van der Waals surface area contributed by atoms with Crippen molar-refractivity contribution >= 4 is 49.6 Å². The molecule has 0 saturated carbocycles. The van der Waals surface area contributed by atoms with Crippen LogP contribution in [0.15, 0.2) is 218 Å². The largest absolute Gasteiger partial charge is 0.310 e. The van der Waals surface area contributed by atoms with E-state index in [0.717, 1.165) is 66.8 Å². The number of fused-ring (bicyclic) bond motifs is 4. The van der Waals surface area contributed by atoms with Crippen LogP contribution < -0.4 is 4.90 Å². The molecule has 0 unspecified atom stereocenters. The van der Waals surface area contributed by atoms with E-state index in [-0.39, 0.29) is 28.4 Å². The molecule has 0 saturated heterocycles. The van der Waals surface area contributed by atoms with Crippen molar-refractivity contribution in [2.24, 2.45) is 0 Å². The lowest BCUT2D eigenvalue weighted by Gasteiger charge is -2.28. The summed E-state index contributed by atoms with van der Waals surface area (Å²) >= 11 is 0. The molecule has 54 heavy (non-hydrogen) atoms. The molecule has 1 heterocycles. The maximum Gasteiger partial charge on any atom is 0.0629 e. The molecule has 0 fully saturated rings. The Morgan fingerprint density at radius 1 is 0.389 bits per heavy atom. The quantitative estimate of drug-likeness (QED) is 0.161. The van der Waals surface area contributed by atoms with Gasteiger partial charge in [0.05, 0.1) is 26.3 Å². The summed E-state index contributed by atoms with van der Waals surface area (Å²) < 4.78 is 62.7. The third kappa shape index (κ3) is 5.44. The van der Waals surface area contributed by atoms with E-state index in [9.17, 15) is 0 Å². The fourth-order valence-corrected chi connectivity index (χ4v) is 7.66. The Kier molecular flexibility index (Phi) is 6.20. The van der Waals surface area contributed by atoms with E-state index in [4.69, 9.17) is 9.60 Å². The Morgan fingerprint density at radius 3 is 1.78 bits per heavy atom. The van der Waals surface area contributed by atoms with E-state index < -0.39 is 30.2 Å². The molecular weight excluding hydrogens is 653 g/mol. The smallest absolute Gasteiger partial charge is 0.0629 e. The van der Waals surface area contributed by atoms with Crippen LogP contribution in [0.25, 0.3) is 71.6 Å². The van der Waals surface area contributed by atoms with Gasteiger partial charge in [0.15, 0.2) is 0 Å². The van der Waals surface area contributed by atoms with E-state index in [0.29, 0.717) is 5.56 Å². The highest BCUT2D eigenvalue weighted by molar-refractivity contribution is 6.17. The number of nitrogens with zero attached hydrogens (tertiary/aromatic N) is 2. The van der Waals surface area contributed by atoms with Crippen molar-refractivity contribution in [3.8, 4) is 39.1 Å². The third-order valence-electron chi connectivity index (χ3n) is 10.1. The second-order valence-corrected chi connectivity index (χ2v) is 13.2. The summed E-state index contributed by atoms with van der Waals surface area (Å²) in [5, 5.41) is 2.26. The van der Waals surface area contributed by atoms with Crippen LogP contribution >= 0.6 is 0 Å². The topological polar surface area (TPSA) is 8.17 Å². The summed E-state index contributed by atoms with van der Waals surface area (Å²) in [4.78, 5) is 2.21. The van der Waals surface area contributed by atoms with Gasteiger partial charge in [-0.05, 0) is 93.2 Å². The number of benzene rings is 9. The first-order valence-electron chi connectivity index (χ1n) is 21.5. The fourth-order valence-electron chi connectivity index (χ4n) is 7.66. The predicted molar refractivity (Wildman–Crippen MR) is 229 cm³/mol. The molecule has 0 amide bonds. The van der Waals surface area contributed by atoms with Crippen LogP contribution in [0.2, 0.25) is 0 Å². The second kappa shape index (κ2) is 13.4. The molecule has 10 rings (SSSR count). The number of hydrogen-bond donors (Lipinski definition) is 0. The fraction of sp³-hybridized carbons (Fsp3) is 0. The average Bonchev–Trinajstić information content (AvgIpc) is 3.65. The van der Waals surface area contributed by atoms with Crippen LogP contribution in [0.4, 0.5) is 17.1 Å². The summed E-state index contributed by atoms with van der Waals surface area (Å²) in [7, 11) is 0. The van der Waals surface area contributed by atoms with E-state index in [1.165, 1.54) is 0 Å². The lowest BCUT2D eigenvalue weighted by molar-refractivity contribution is 1.18. The molecule has 2 nitrogen and oxygen atoms in total. The van der Waals surface area contributed by atoms with Gasteiger partial charge >= 0.3 is 0 Å². The number of anilines is 3. The van der Waals surface area contributed by atoms with Gasteiger partial charge in [-0.3, -0.25) is 0 Å². The molecule has 0 atom stereocenters. The van der Waals surface area contributed by atoms with Crippen LogP contribution in [0, 0.1) is 0 Å². The van der Waals surface area contributed by atoms with Crippen LogP contribution in [0.1, 0.15) is 9.60 Å². The van der Waals surface area contributed by atoms with E-state index in [1.807, 2.05) is 54.6 Å². The van der Waals surface area contributed by atoms with Crippen LogP contribution in [-0.2, 0) is 0 Å². The van der Waals surface area contributed by atoms with Crippen molar-refractivity contribution in [3.05, 3.63) is 218 Å². The second-order valence-electron chi connectivity index (χ2n) is 13.2. The van der Waals surface area contributed by atoms with Gasteiger partial charge in [0.1, 0.15) is 0 Å². The van der Waals surface area contributed by atoms with Gasteiger partial charge in [-0.25, -0.2) is 0 Å². The minimum absolute atomic E-state index is 0.0613. The molecule has 0 spiro atoms. The summed E-state index contributed by atoms with van der Waals surface area (Å²) in [5.74, 6) is 0. The molecule has 1 aromatic heterocycles. The number of para-hydroxylation sites is 3. The molecule has 0 aliphatic carbocycles. The molecule has 254 valence electrons. The first-order chi connectivity index (χ1) is 29.7. The summed E-state index contributed by atoms with van der Waals surface area (Å²) in [5.41, 5.74) is 10.9. The van der Waals surface area contributed by atoms with Crippen molar-refractivity contribution < 1.29 is 9.60 Å². The number of aromatic nitrogens is 1. The zero-order chi connectivity index (χ0) is 41.9. The third-order valence-corrected chi connectivity index (χ3v) is 10.1. The maximum atomic E-state index is 8.98. The van der Waals surface area contributed by atoms with Gasteiger partial charge < -0.3 is 9.47 Å². The predicted octanol–water partition coefficient (Wildman–Crippen LogP) is 14.4. The zero-order valence-corrected chi connectivity index (χ0v) is 29.1. The van der Waals surface area contributed by atoms with E-state index in [1.54, 1.807) is 0 Å². The molecule has 0 bridgehead atoms. The Morgan fingerprint density at radius 2 is 0.981 bits per heavy atom. The monoisotopic (exact) mass is 695 g/mol. The summed E-state index contributed by atoms with van der Waals surface area (Å²) in [6, 6.07) is 57.3. The first kappa shape index (κ1) is 24.9. The maximum absolute atomic E-state index is 8.98. The van der Waals surface area contributed by atoms with Gasteiger partial charge in [-0.2, -0.15) is 0 Å². The van der Waals surface area contributed by atoms with E-state index in [2.05, 4.69) is 131 Å². The van der Waals surface area contributed by atoms with Crippen LogP contribution in [-0.4, -0.2) is 4.57 Å². The van der Waals surface area contributed by atoms with Crippen molar-refractivity contribution in [1.82, 2.24) is 4.57 Å². The normalized spacial score (nSPS) is 13.1. The minimum atomic E-state index is -0.475. The number of hydrogen-bond acceptors (Lipinski definition) is 1. The molecule has 0 aliphatic rings. The van der Waals surface area contributed by atoms with Gasteiger partial charge in [-0.1, -0.05) is 164 Å². The molecule has 9 aromatic carbocycles. The van der Waals surface area contributed by atoms with Crippen molar-refractivity contribution in [3.63, 3.8) is 0 Å². The highest BCUT2D eigenvalue weighted by Crippen LogP contribution is 2.46. The Balaban J connectivity index is 1.19. The molecule has 10 aromatic rings. The Bertz CT molecular complexity index is 3300. The highest BCUT2D eigenvalue weighted by Gasteiger charge is 2.21. The van der Waals surface area contributed by atoms with Gasteiger partial charge in [0.25, 0.3) is 0 Å². The lowest BCUT2D eigenvalue weighted by Crippen LogP contribution is -2.11. The standard InChI is InChI=1S/C52H36N2/c1-3-15-37(16-4-1)38-29-33-42(34-30-38)53(43-35-31-40(32-36-43)45-24-13-18-39-17-7-8-21-44(39)45)49-26-11-9-22-46(49)47-25-14-28-51-52(47)48-23-10-12-27-50(48)54(51)41-19-5-2-6-20-41/h1-36H/i7D,8D,13D,17D,18D,21D,24D. The van der Waals surface area contributed by atoms with Gasteiger partial charge in [0, 0.05) is 33.4 Å². The average molecular weight is 696 g/mol. The number of rotatable bonds is 7. The Hall–Kier alpha value is -7.16. The van der Waals surface area contributed by atoms with Gasteiger partial charge in [-0.15, -0.1) is 0 Å². The summed E-state index contributed by atoms with van der Waals surface area (Å²) in [6.45, 7) is 0. The van der Waals surface area contributed by atoms with Crippen molar-refractivity contribution in [1.29, 1.82) is 0 Å². The molecule has 0 aliphatic heterocycles. The van der Waals surface area contributed by atoms with Crippen molar-refractivity contribution in [2.45, 2.75) is 0 Å². The minimum Gasteiger partial charge on any atom is -0.310 e. The van der Waals surface area contributed by atoms with Crippen LogP contribution in [0.3, 0.4) is 0 Å². The van der Waals surface area contributed by atoms with Crippen molar-refractivity contribution in [2.75, 3.05) is 4.90 Å². The van der Waals surface area contributed by atoms with Crippen LogP contribution in [0.5, 0.6) is 0 Å². The Labute approximate surface area is 325 Å². The first-order valence-corrected chi connectivity index (χ1v) is 18.0. The zero-order valence-electron chi connectivity index (χ0n) is 36.1. The molecule has 0 N–H and O–H groups in total. The highest BCUT2D eigenvalue weighted by atomic mass is 15.1. The van der Waals surface area contributed by atoms with E-state index >= 15 is 0 Å². The molecule has 2 heteroatoms. The summed E-state index contributed by atoms with van der Waals surface area (Å²) in [6.07, 6.45) is 0.